The van der Waals surface area contributed by atoms with E-state index in [1.807, 2.05) is 0 Å². The lowest BCUT2D eigenvalue weighted by atomic mass is 10.2. The zero-order chi connectivity index (χ0) is 13.7. The fourth-order valence-corrected chi connectivity index (χ4v) is 2.20. The van der Waals surface area contributed by atoms with Crippen LogP contribution in [-0.4, -0.2) is 23.1 Å². The Hall–Kier alpha value is -1.53. The third-order valence-corrected chi connectivity index (χ3v) is 3.19. The van der Waals surface area contributed by atoms with Crippen LogP contribution in [0.25, 0.3) is 0 Å². The molecule has 0 unspecified atom stereocenters. The fourth-order valence-electron chi connectivity index (χ4n) is 1.77. The predicted octanol–water partition coefficient (Wildman–Crippen LogP) is 2.87. The molecule has 0 fully saturated rings. The molecule has 19 heavy (non-hydrogen) atoms. The van der Waals surface area contributed by atoms with Crippen LogP contribution in [0.2, 0.25) is 0 Å². The first-order valence-corrected chi connectivity index (χ1v) is 6.71. The number of para-hydroxylation sites is 1. The summed E-state index contributed by atoms with van der Waals surface area (Å²) in [6, 6.07) is 6.61. The third kappa shape index (κ3) is 3.27. The highest BCUT2D eigenvalue weighted by Crippen LogP contribution is 2.30. The quantitative estimate of drug-likeness (QED) is 0.918. The molecule has 2 aromatic rings. The molecule has 2 N–H and O–H groups in total. The first-order valence-electron chi connectivity index (χ1n) is 5.91. The van der Waals surface area contributed by atoms with Crippen LogP contribution in [0, 0.1) is 5.82 Å². The maximum Gasteiger partial charge on any atom is 0.150 e. The average molecular weight is 325 g/mol. The normalized spacial score (nSPS) is 10.5. The third-order valence-electron chi connectivity index (χ3n) is 2.63. The Morgan fingerprint density at radius 2 is 2.11 bits per heavy atom. The van der Waals surface area contributed by atoms with Gasteiger partial charge in [0.1, 0.15) is 12.1 Å². The van der Waals surface area contributed by atoms with Gasteiger partial charge in [-0.05, 0) is 41.0 Å². The topological polar surface area (TPSA) is 55.0 Å². The Balaban J connectivity index is 2.42. The minimum atomic E-state index is -0.287. The van der Waals surface area contributed by atoms with Gasteiger partial charge in [0.2, 0.25) is 0 Å². The Kier molecular flexibility index (Phi) is 4.81. The Bertz CT molecular complexity index is 504. The monoisotopic (exact) mass is 324 g/mol. The van der Waals surface area contributed by atoms with Crippen LogP contribution in [-0.2, 0) is 0 Å². The van der Waals surface area contributed by atoms with Crippen LogP contribution < -0.4 is 10.6 Å². The summed E-state index contributed by atoms with van der Waals surface area (Å²) < 4.78 is 14.7. The smallest absolute Gasteiger partial charge is 0.150 e. The van der Waals surface area contributed by atoms with Crippen molar-refractivity contribution < 1.29 is 4.39 Å². The first-order chi connectivity index (χ1) is 9.24. The van der Waals surface area contributed by atoms with Gasteiger partial charge in [-0.25, -0.2) is 14.4 Å². The van der Waals surface area contributed by atoms with E-state index < -0.39 is 0 Å². The molecule has 100 valence electrons. The van der Waals surface area contributed by atoms with Crippen molar-refractivity contribution in [2.45, 2.75) is 6.42 Å². The molecule has 0 aliphatic rings. The van der Waals surface area contributed by atoms with Crippen molar-refractivity contribution in [3.8, 4) is 0 Å². The van der Waals surface area contributed by atoms with Crippen LogP contribution in [0.1, 0.15) is 6.42 Å². The largest absolute Gasteiger partial charge is 0.330 e. The summed E-state index contributed by atoms with van der Waals surface area (Å²) in [6.07, 6.45) is 3.82. The first kappa shape index (κ1) is 13.9. The van der Waals surface area contributed by atoms with E-state index in [1.165, 1.54) is 12.4 Å². The number of halogens is 2. The molecule has 0 aliphatic carbocycles. The minimum Gasteiger partial charge on any atom is -0.330 e. The molecule has 1 heterocycles. The highest BCUT2D eigenvalue weighted by molar-refractivity contribution is 9.10. The van der Waals surface area contributed by atoms with Crippen molar-refractivity contribution in [1.82, 2.24) is 9.97 Å². The molecule has 0 radical (unpaired) electrons. The molecule has 1 aromatic heterocycles. The van der Waals surface area contributed by atoms with Crippen LogP contribution in [0.4, 0.5) is 15.9 Å². The van der Waals surface area contributed by atoms with Crippen molar-refractivity contribution in [3.63, 3.8) is 0 Å². The summed E-state index contributed by atoms with van der Waals surface area (Å²) >= 11 is 3.39. The van der Waals surface area contributed by atoms with Gasteiger partial charge in [0.15, 0.2) is 5.82 Å². The summed E-state index contributed by atoms with van der Waals surface area (Å²) in [5.74, 6) is 0.346. The van der Waals surface area contributed by atoms with E-state index in [0.717, 1.165) is 10.9 Å². The minimum absolute atomic E-state index is 0.287. The van der Waals surface area contributed by atoms with Gasteiger partial charge in [-0.15, -0.1) is 0 Å². The molecule has 6 heteroatoms. The molecule has 0 saturated carbocycles. The van der Waals surface area contributed by atoms with Crippen molar-refractivity contribution in [1.29, 1.82) is 0 Å². The number of aromatic nitrogens is 2. The number of nitrogens with zero attached hydrogens (tertiary/aromatic N) is 3. The number of rotatable bonds is 5. The Labute approximate surface area is 119 Å². The molecule has 2 rings (SSSR count). The van der Waals surface area contributed by atoms with E-state index in [2.05, 4.69) is 25.9 Å². The number of nitrogens with two attached hydrogens (primary N) is 1. The van der Waals surface area contributed by atoms with E-state index in [1.54, 1.807) is 29.3 Å². The summed E-state index contributed by atoms with van der Waals surface area (Å²) in [6.45, 7) is 1.13. The molecule has 4 nitrogen and oxygen atoms in total. The summed E-state index contributed by atoms with van der Waals surface area (Å²) in [5, 5.41) is 0. The molecule has 0 spiro atoms. The summed E-state index contributed by atoms with van der Waals surface area (Å²) in [5.41, 5.74) is 6.03. The Morgan fingerprint density at radius 1 is 1.32 bits per heavy atom. The predicted molar refractivity (Wildman–Crippen MR) is 76.8 cm³/mol. The zero-order valence-corrected chi connectivity index (χ0v) is 11.8. The van der Waals surface area contributed by atoms with E-state index >= 15 is 0 Å². The molecule has 0 amide bonds. The van der Waals surface area contributed by atoms with Gasteiger partial charge in [-0.3, -0.25) is 0 Å². The van der Waals surface area contributed by atoms with Gasteiger partial charge in [0, 0.05) is 12.7 Å². The van der Waals surface area contributed by atoms with Crippen LogP contribution >= 0.6 is 15.9 Å². The van der Waals surface area contributed by atoms with Gasteiger partial charge in [0.05, 0.1) is 10.2 Å². The lowest BCUT2D eigenvalue weighted by molar-refractivity contribution is 0.622. The number of anilines is 2. The fraction of sp³-hybridized carbons (Fsp3) is 0.231. The lowest BCUT2D eigenvalue weighted by Gasteiger charge is -2.24. The van der Waals surface area contributed by atoms with Gasteiger partial charge < -0.3 is 10.6 Å². The lowest BCUT2D eigenvalue weighted by Crippen LogP contribution is -2.23. The molecule has 0 atom stereocenters. The molecule has 0 saturated heterocycles. The number of benzene rings is 1. The van der Waals surface area contributed by atoms with E-state index in [-0.39, 0.29) is 5.82 Å². The van der Waals surface area contributed by atoms with Crippen molar-refractivity contribution in [3.05, 3.63) is 47.1 Å². The van der Waals surface area contributed by atoms with E-state index in [0.29, 0.717) is 24.6 Å². The van der Waals surface area contributed by atoms with E-state index in [4.69, 9.17) is 5.73 Å². The van der Waals surface area contributed by atoms with Crippen molar-refractivity contribution in [2.75, 3.05) is 18.0 Å². The molecular weight excluding hydrogens is 311 g/mol. The summed E-state index contributed by atoms with van der Waals surface area (Å²) in [7, 11) is 0. The standard InChI is InChI=1S/C13H14BrFN4/c14-10-8-17-9-18-13(10)19(7-3-6-16)12-5-2-1-4-11(12)15/h1-2,4-5,8-9H,3,6-7,16H2. The van der Waals surface area contributed by atoms with Crippen LogP contribution in [0.15, 0.2) is 41.3 Å². The number of hydrogen-bond donors (Lipinski definition) is 1. The van der Waals surface area contributed by atoms with Crippen molar-refractivity contribution >= 4 is 27.4 Å². The molecule has 0 aliphatic heterocycles. The number of hydrogen-bond acceptors (Lipinski definition) is 4. The van der Waals surface area contributed by atoms with Gasteiger partial charge in [0.25, 0.3) is 0 Å². The van der Waals surface area contributed by atoms with Gasteiger partial charge >= 0.3 is 0 Å². The maximum atomic E-state index is 14.0. The van der Waals surface area contributed by atoms with Crippen LogP contribution in [0.3, 0.4) is 0 Å². The highest BCUT2D eigenvalue weighted by atomic mass is 79.9. The highest BCUT2D eigenvalue weighted by Gasteiger charge is 2.16. The SMILES string of the molecule is NCCCN(c1ccccc1F)c1ncncc1Br. The maximum absolute atomic E-state index is 14.0. The van der Waals surface area contributed by atoms with Gasteiger partial charge in [-0.1, -0.05) is 12.1 Å². The second-order valence-electron chi connectivity index (χ2n) is 3.94. The van der Waals surface area contributed by atoms with Gasteiger partial charge in [-0.2, -0.15) is 0 Å². The van der Waals surface area contributed by atoms with E-state index in [9.17, 15) is 4.39 Å². The summed E-state index contributed by atoms with van der Waals surface area (Å²) in [4.78, 5) is 9.93. The second kappa shape index (κ2) is 6.58. The van der Waals surface area contributed by atoms with Crippen LogP contribution in [0.5, 0.6) is 0 Å². The molecule has 0 bridgehead atoms. The molecule has 1 aromatic carbocycles. The average Bonchev–Trinajstić information content (AvgIpc) is 2.42. The zero-order valence-electron chi connectivity index (χ0n) is 10.3. The van der Waals surface area contributed by atoms with Crippen molar-refractivity contribution in [2.24, 2.45) is 5.73 Å². The molecular formula is C13H14BrFN4. The second-order valence-corrected chi connectivity index (χ2v) is 4.79. The Morgan fingerprint density at radius 3 is 2.79 bits per heavy atom.